The number of hydrogen-bond acceptors (Lipinski definition) is 6. The number of imide groups is 1. The molecule has 3 rings (SSSR count). The van der Waals surface area contributed by atoms with Crippen LogP contribution >= 0.6 is 23.4 Å². The average Bonchev–Trinajstić information content (AvgIpc) is 2.97. The van der Waals surface area contributed by atoms with Crippen LogP contribution in [-0.2, 0) is 4.79 Å². The summed E-state index contributed by atoms with van der Waals surface area (Å²) in [6.07, 6.45) is 1.30. The standard InChI is InChI=1S/C19H13ClFN3O5S/c20-13-6-5-12(9-15(13)24(28)29)17(25)22-7-8-23-18(26)16(30-19(23)27)10-11-3-1-2-4-14(11)21/h1-6,9-10H,7-8H2,(H,22,25)/b16-10-. The molecule has 0 aromatic heterocycles. The van der Waals surface area contributed by atoms with E-state index in [4.69, 9.17) is 11.6 Å². The first-order valence-corrected chi connectivity index (χ1v) is 9.69. The van der Waals surface area contributed by atoms with Crippen LogP contribution in [0.3, 0.4) is 0 Å². The van der Waals surface area contributed by atoms with E-state index in [-0.39, 0.29) is 34.1 Å². The molecule has 0 atom stereocenters. The Morgan fingerprint density at radius 3 is 2.70 bits per heavy atom. The predicted molar refractivity (Wildman–Crippen MR) is 110 cm³/mol. The fraction of sp³-hybridized carbons (Fsp3) is 0.105. The third-order valence-electron chi connectivity index (χ3n) is 4.09. The highest BCUT2D eigenvalue weighted by Gasteiger charge is 2.34. The number of nitrogens with one attached hydrogen (secondary N) is 1. The molecule has 1 heterocycles. The molecule has 2 aromatic carbocycles. The number of halogens is 2. The van der Waals surface area contributed by atoms with Gasteiger partial charge in [-0.3, -0.25) is 29.4 Å². The van der Waals surface area contributed by atoms with Gasteiger partial charge in [0.25, 0.3) is 22.7 Å². The molecule has 30 heavy (non-hydrogen) atoms. The van der Waals surface area contributed by atoms with Crippen molar-refractivity contribution in [3.05, 3.63) is 79.5 Å². The van der Waals surface area contributed by atoms with Crippen molar-refractivity contribution in [3.63, 3.8) is 0 Å². The topological polar surface area (TPSA) is 110 Å². The molecule has 1 N–H and O–H groups in total. The molecule has 8 nitrogen and oxygen atoms in total. The Morgan fingerprint density at radius 1 is 1.27 bits per heavy atom. The Labute approximate surface area is 178 Å². The first-order valence-electron chi connectivity index (χ1n) is 8.50. The maximum absolute atomic E-state index is 13.8. The average molecular weight is 450 g/mol. The first kappa shape index (κ1) is 21.5. The number of nitro groups is 1. The lowest BCUT2D eigenvalue weighted by molar-refractivity contribution is -0.384. The summed E-state index contributed by atoms with van der Waals surface area (Å²) in [5, 5.41) is 12.8. The number of nitrogens with zero attached hydrogens (tertiary/aromatic N) is 2. The zero-order valence-electron chi connectivity index (χ0n) is 15.1. The maximum Gasteiger partial charge on any atom is 0.293 e. The third kappa shape index (κ3) is 4.66. The molecule has 1 aliphatic heterocycles. The normalized spacial score (nSPS) is 15.0. The summed E-state index contributed by atoms with van der Waals surface area (Å²) < 4.78 is 13.8. The molecule has 0 unspecified atom stereocenters. The highest BCUT2D eigenvalue weighted by atomic mass is 35.5. The number of carbonyl (C=O) groups excluding carboxylic acids is 3. The number of benzene rings is 2. The Bertz CT molecular complexity index is 1090. The van der Waals surface area contributed by atoms with Gasteiger partial charge in [-0.15, -0.1) is 0 Å². The van der Waals surface area contributed by atoms with Crippen molar-refractivity contribution in [3.8, 4) is 0 Å². The van der Waals surface area contributed by atoms with Crippen LogP contribution in [0.25, 0.3) is 6.08 Å². The molecule has 0 aliphatic carbocycles. The van der Waals surface area contributed by atoms with E-state index in [1.165, 1.54) is 36.4 Å². The SMILES string of the molecule is O=C(NCCN1C(=O)S/C(=C\c2ccccc2F)C1=O)c1ccc(Cl)c([N+](=O)[O-])c1. The van der Waals surface area contributed by atoms with Crippen LogP contribution in [0.4, 0.5) is 14.9 Å². The number of thioether (sulfide) groups is 1. The summed E-state index contributed by atoms with van der Waals surface area (Å²) in [7, 11) is 0. The minimum Gasteiger partial charge on any atom is -0.350 e. The van der Waals surface area contributed by atoms with E-state index in [1.807, 2.05) is 0 Å². The summed E-state index contributed by atoms with van der Waals surface area (Å²) in [6.45, 7) is -0.180. The third-order valence-corrected chi connectivity index (χ3v) is 5.32. The zero-order valence-corrected chi connectivity index (χ0v) is 16.7. The summed E-state index contributed by atoms with van der Waals surface area (Å²) in [4.78, 5) is 47.9. The number of hydrogen-bond donors (Lipinski definition) is 1. The second-order valence-corrected chi connectivity index (χ2v) is 7.43. The van der Waals surface area contributed by atoms with E-state index in [9.17, 15) is 28.9 Å². The molecule has 11 heteroatoms. The fourth-order valence-electron chi connectivity index (χ4n) is 2.60. The van der Waals surface area contributed by atoms with Gasteiger partial charge in [-0.1, -0.05) is 29.8 Å². The van der Waals surface area contributed by atoms with Gasteiger partial charge in [0, 0.05) is 30.3 Å². The second kappa shape index (κ2) is 9.06. The molecule has 154 valence electrons. The van der Waals surface area contributed by atoms with Crippen molar-refractivity contribution in [2.45, 2.75) is 0 Å². The van der Waals surface area contributed by atoms with Crippen molar-refractivity contribution in [1.29, 1.82) is 0 Å². The Balaban J connectivity index is 1.62. The molecule has 0 radical (unpaired) electrons. The van der Waals surface area contributed by atoms with Crippen molar-refractivity contribution < 1.29 is 23.7 Å². The van der Waals surface area contributed by atoms with Gasteiger partial charge in [-0.05, 0) is 36.0 Å². The number of nitro benzene ring substituents is 1. The highest BCUT2D eigenvalue weighted by molar-refractivity contribution is 8.18. The monoisotopic (exact) mass is 449 g/mol. The van der Waals surface area contributed by atoms with Gasteiger partial charge in [-0.25, -0.2) is 4.39 Å². The van der Waals surface area contributed by atoms with E-state index in [0.717, 1.165) is 11.0 Å². The molecule has 1 aliphatic rings. The minimum atomic E-state index is -0.707. The highest BCUT2D eigenvalue weighted by Crippen LogP contribution is 2.32. The van der Waals surface area contributed by atoms with E-state index in [2.05, 4.69) is 5.32 Å². The summed E-state index contributed by atoms with van der Waals surface area (Å²) in [6, 6.07) is 9.43. The van der Waals surface area contributed by atoms with Gasteiger partial charge in [0.15, 0.2) is 0 Å². The Hall–Kier alpha value is -3.24. The van der Waals surface area contributed by atoms with Gasteiger partial charge in [-0.2, -0.15) is 0 Å². The van der Waals surface area contributed by atoms with Gasteiger partial charge in [0.05, 0.1) is 9.83 Å². The Morgan fingerprint density at radius 2 is 2.00 bits per heavy atom. The van der Waals surface area contributed by atoms with Crippen LogP contribution in [0.15, 0.2) is 47.4 Å². The molecule has 1 fully saturated rings. The quantitative estimate of drug-likeness (QED) is 0.407. The van der Waals surface area contributed by atoms with Crippen molar-refractivity contribution >= 4 is 52.2 Å². The van der Waals surface area contributed by atoms with Crippen LogP contribution in [0.5, 0.6) is 0 Å². The molecule has 1 saturated heterocycles. The lowest BCUT2D eigenvalue weighted by Crippen LogP contribution is -2.37. The van der Waals surface area contributed by atoms with Crippen LogP contribution < -0.4 is 5.32 Å². The lowest BCUT2D eigenvalue weighted by Gasteiger charge is -2.13. The molecule has 2 aromatic rings. The molecular formula is C19H13ClFN3O5S. The van der Waals surface area contributed by atoms with Crippen LogP contribution in [0, 0.1) is 15.9 Å². The predicted octanol–water partition coefficient (Wildman–Crippen LogP) is 3.85. The second-order valence-electron chi connectivity index (χ2n) is 6.03. The van der Waals surface area contributed by atoms with E-state index >= 15 is 0 Å². The van der Waals surface area contributed by atoms with Gasteiger partial charge < -0.3 is 5.32 Å². The van der Waals surface area contributed by atoms with Crippen LogP contribution in [0.2, 0.25) is 5.02 Å². The summed E-state index contributed by atoms with van der Waals surface area (Å²) >= 11 is 6.39. The van der Waals surface area contributed by atoms with Crippen molar-refractivity contribution in [2.75, 3.05) is 13.1 Å². The zero-order chi connectivity index (χ0) is 21.8. The van der Waals surface area contributed by atoms with Crippen molar-refractivity contribution in [2.24, 2.45) is 0 Å². The largest absolute Gasteiger partial charge is 0.350 e. The number of carbonyl (C=O) groups is 3. The summed E-state index contributed by atoms with van der Waals surface area (Å²) in [5.41, 5.74) is -0.214. The van der Waals surface area contributed by atoms with E-state index in [1.54, 1.807) is 6.07 Å². The molecule has 0 bridgehead atoms. The molecule has 0 saturated carbocycles. The number of rotatable bonds is 6. The first-order chi connectivity index (χ1) is 14.3. The van der Waals surface area contributed by atoms with Gasteiger partial charge in [0.1, 0.15) is 10.8 Å². The minimum absolute atomic E-state index is 0.0136. The van der Waals surface area contributed by atoms with E-state index < -0.39 is 33.5 Å². The Kier molecular flexibility index (Phi) is 6.48. The molecular weight excluding hydrogens is 437 g/mol. The molecule has 3 amide bonds. The van der Waals surface area contributed by atoms with E-state index in [0.29, 0.717) is 11.8 Å². The smallest absolute Gasteiger partial charge is 0.293 e. The maximum atomic E-state index is 13.8. The molecule has 0 spiro atoms. The van der Waals surface area contributed by atoms with Crippen LogP contribution in [0.1, 0.15) is 15.9 Å². The van der Waals surface area contributed by atoms with Gasteiger partial charge >= 0.3 is 0 Å². The van der Waals surface area contributed by atoms with Gasteiger partial charge in [0.2, 0.25) is 0 Å². The number of amides is 3. The summed E-state index contributed by atoms with van der Waals surface area (Å²) in [5.74, 6) is -1.73. The fourth-order valence-corrected chi connectivity index (χ4v) is 3.65. The lowest BCUT2D eigenvalue weighted by atomic mass is 10.2. The van der Waals surface area contributed by atoms with Crippen LogP contribution in [-0.4, -0.2) is 40.0 Å². The van der Waals surface area contributed by atoms with Crippen molar-refractivity contribution in [1.82, 2.24) is 10.2 Å².